The van der Waals surface area contributed by atoms with E-state index >= 15 is 0 Å². The van der Waals surface area contributed by atoms with Gasteiger partial charge >= 0.3 is 0 Å². The first kappa shape index (κ1) is 20.2. The number of rotatable bonds is 3. The molecule has 28 heavy (non-hydrogen) atoms. The van der Waals surface area contributed by atoms with E-state index in [4.69, 9.17) is 0 Å². The van der Waals surface area contributed by atoms with Crippen molar-refractivity contribution in [3.8, 4) is 0 Å². The van der Waals surface area contributed by atoms with Crippen LogP contribution in [0.3, 0.4) is 0 Å². The van der Waals surface area contributed by atoms with Gasteiger partial charge in [-0.05, 0) is 38.3 Å². The van der Waals surface area contributed by atoms with Crippen molar-refractivity contribution in [2.75, 3.05) is 20.1 Å². The Labute approximate surface area is 162 Å². The van der Waals surface area contributed by atoms with Crippen molar-refractivity contribution in [2.45, 2.75) is 50.8 Å². The van der Waals surface area contributed by atoms with E-state index in [0.29, 0.717) is 31.5 Å². The number of pyridine rings is 1. The molecule has 9 heteroatoms. The summed E-state index contributed by atoms with van der Waals surface area (Å²) >= 11 is 0. The number of nitrogens with zero attached hydrogens (tertiary/aromatic N) is 3. The molecule has 2 N–H and O–H groups in total. The Morgan fingerprint density at radius 1 is 1.32 bits per heavy atom. The summed E-state index contributed by atoms with van der Waals surface area (Å²) in [5, 5.41) is 13.0. The van der Waals surface area contributed by atoms with Gasteiger partial charge in [-0.3, -0.25) is 14.4 Å². The van der Waals surface area contributed by atoms with E-state index in [2.05, 4.69) is 10.3 Å². The van der Waals surface area contributed by atoms with E-state index < -0.39 is 29.9 Å². The van der Waals surface area contributed by atoms with Crippen LogP contribution in [-0.4, -0.2) is 75.9 Å². The average molecular weight is 392 g/mol. The van der Waals surface area contributed by atoms with Crippen LogP contribution in [0.5, 0.6) is 0 Å². The number of aromatic nitrogens is 1. The molecule has 1 aromatic heterocycles. The molecule has 152 valence electrons. The molecule has 3 atom stereocenters. The summed E-state index contributed by atoms with van der Waals surface area (Å²) in [6.45, 7) is 2.14. The highest BCUT2D eigenvalue weighted by Gasteiger charge is 2.37. The minimum atomic E-state index is -0.825. The lowest BCUT2D eigenvalue weighted by Gasteiger charge is -2.28. The molecule has 0 radical (unpaired) electrons. The Morgan fingerprint density at radius 2 is 2.07 bits per heavy atom. The summed E-state index contributed by atoms with van der Waals surface area (Å²) in [4.78, 5) is 43.8. The number of carbonyl (C=O) groups is 3. The number of halogens is 1. The van der Waals surface area contributed by atoms with Gasteiger partial charge in [-0.15, -0.1) is 0 Å². The van der Waals surface area contributed by atoms with Gasteiger partial charge in [-0.1, -0.05) is 0 Å². The zero-order valence-electron chi connectivity index (χ0n) is 16.0. The third-order valence-electron chi connectivity index (χ3n) is 5.36. The number of aliphatic hydroxyl groups excluding tert-OH is 1. The van der Waals surface area contributed by atoms with Crippen LogP contribution < -0.4 is 5.32 Å². The highest BCUT2D eigenvalue weighted by atomic mass is 19.1. The Kier molecular flexibility index (Phi) is 5.93. The van der Waals surface area contributed by atoms with E-state index in [0.717, 1.165) is 0 Å². The maximum atomic E-state index is 13.9. The maximum absolute atomic E-state index is 13.9. The van der Waals surface area contributed by atoms with Crippen molar-refractivity contribution in [3.63, 3.8) is 0 Å². The molecule has 0 aromatic carbocycles. The Bertz CT molecular complexity index is 787. The van der Waals surface area contributed by atoms with Crippen molar-refractivity contribution >= 4 is 17.7 Å². The molecule has 0 saturated carbocycles. The molecule has 2 fully saturated rings. The second kappa shape index (κ2) is 8.22. The number of amides is 3. The van der Waals surface area contributed by atoms with Gasteiger partial charge in [0.1, 0.15) is 6.04 Å². The summed E-state index contributed by atoms with van der Waals surface area (Å²) in [7, 11) is 1.61. The average Bonchev–Trinajstić information content (AvgIpc) is 2.86. The summed E-state index contributed by atoms with van der Waals surface area (Å²) in [6.07, 6.45) is 0.667. The van der Waals surface area contributed by atoms with E-state index in [1.807, 2.05) is 0 Å². The molecule has 3 amide bonds. The van der Waals surface area contributed by atoms with Crippen molar-refractivity contribution < 1.29 is 23.9 Å². The van der Waals surface area contributed by atoms with Crippen molar-refractivity contribution in [3.05, 3.63) is 29.3 Å². The fraction of sp³-hybridized carbons (Fsp3) is 0.579. The first-order valence-corrected chi connectivity index (χ1v) is 9.42. The van der Waals surface area contributed by atoms with Crippen molar-refractivity contribution in [1.29, 1.82) is 0 Å². The first-order valence-electron chi connectivity index (χ1n) is 9.42. The van der Waals surface area contributed by atoms with Gasteiger partial charge in [-0.25, -0.2) is 9.37 Å². The highest BCUT2D eigenvalue weighted by Crippen LogP contribution is 2.21. The number of aryl methyl sites for hydroxylation is 1. The van der Waals surface area contributed by atoms with Gasteiger partial charge in [-0.2, -0.15) is 0 Å². The summed E-state index contributed by atoms with van der Waals surface area (Å²) in [5.74, 6) is -1.60. The molecule has 0 bridgehead atoms. The number of aliphatic hydroxyl groups is 1. The number of hydrogen-bond donors (Lipinski definition) is 2. The van der Waals surface area contributed by atoms with Gasteiger partial charge in [0.2, 0.25) is 11.8 Å². The zero-order valence-corrected chi connectivity index (χ0v) is 16.0. The normalized spacial score (nSPS) is 25.6. The van der Waals surface area contributed by atoms with Gasteiger partial charge in [0.15, 0.2) is 11.5 Å². The van der Waals surface area contributed by atoms with Gasteiger partial charge in [0, 0.05) is 38.3 Å². The fourth-order valence-corrected chi connectivity index (χ4v) is 3.77. The third-order valence-corrected chi connectivity index (χ3v) is 5.36. The topological polar surface area (TPSA) is 103 Å². The molecular formula is C19H25FN4O4. The van der Waals surface area contributed by atoms with E-state index in [-0.39, 0.29) is 30.5 Å². The Balaban J connectivity index is 1.64. The fourth-order valence-electron chi connectivity index (χ4n) is 3.77. The van der Waals surface area contributed by atoms with Crippen molar-refractivity contribution in [1.82, 2.24) is 20.1 Å². The number of β-amino-alcohol motifs (C(OH)–C–C–N with tert-alkyl or cyclic N) is 1. The lowest BCUT2D eigenvalue weighted by molar-refractivity contribution is -0.141. The van der Waals surface area contributed by atoms with Crippen LogP contribution in [0.4, 0.5) is 4.39 Å². The van der Waals surface area contributed by atoms with E-state index in [9.17, 15) is 23.9 Å². The summed E-state index contributed by atoms with van der Waals surface area (Å²) in [6, 6.07) is 1.76. The van der Waals surface area contributed by atoms with Crippen molar-refractivity contribution in [2.24, 2.45) is 0 Å². The Morgan fingerprint density at radius 3 is 2.75 bits per heavy atom. The van der Waals surface area contributed by atoms with Crippen LogP contribution in [0.15, 0.2) is 12.1 Å². The predicted octanol–water partition coefficient (Wildman–Crippen LogP) is 0.232. The standard InChI is InChI=1S/C19H25FN4O4/c1-11-3-4-14(20)17(21-11)18(27)22-12-7-8-24(10-13(25)9-12)19(28)15-5-6-16(26)23(15)2/h3-4,12-13,15,25H,5-10H2,1-2H3,(H,22,27)/t12-,13-,15-/m0/s1. The smallest absolute Gasteiger partial charge is 0.273 e. The Hall–Kier alpha value is -2.55. The minimum absolute atomic E-state index is 0.0634. The SMILES string of the molecule is Cc1ccc(F)c(C(=O)N[C@H]2CCN(C(=O)[C@@H]3CCC(=O)N3C)C[C@@H](O)C2)n1. The number of hydrogen-bond acceptors (Lipinski definition) is 5. The molecule has 0 aliphatic carbocycles. The summed E-state index contributed by atoms with van der Waals surface area (Å²) in [5.41, 5.74) is 0.247. The van der Waals surface area contributed by atoms with Gasteiger partial charge < -0.3 is 20.2 Å². The first-order chi connectivity index (χ1) is 13.3. The molecule has 1 aromatic rings. The monoisotopic (exact) mass is 392 g/mol. The minimum Gasteiger partial charge on any atom is -0.391 e. The molecule has 2 aliphatic rings. The quantitative estimate of drug-likeness (QED) is 0.767. The second-order valence-corrected chi connectivity index (χ2v) is 7.48. The van der Waals surface area contributed by atoms with Crippen LogP contribution in [0.1, 0.15) is 41.9 Å². The molecule has 0 unspecified atom stereocenters. The summed E-state index contributed by atoms with van der Waals surface area (Å²) < 4.78 is 13.9. The number of likely N-dealkylation sites (N-methyl/N-ethyl adjacent to an activating group) is 1. The molecule has 2 saturated heterocycles. The lowest BCUT2D eigenvalue weighted by atomic mass is 10.1. The number of likely N-dealkylation sites (tertiary alicyclic amines) is 2. The van der Waals surface area contributed by atoms with Crippen LogP contribution in [0.2, 0.25) is 0 Å². The molecular weight excluding hydrogens is 367 g/mol. The van der Waals surface area contributed by atoms with Crippen LogP contribution in [-0.2, 0) is 9.59 Å². The lowest BCUT2D eigenvalue weighted by Crippen LogP contribution is -2.47. The largest absolute Gasteiger partial charge is 0.391 e. The van der Waals surface area contributed by atoms with Crippen LogP contribution in [0.25, 0.3) is 0 Å². The zero-order chi connectivity index (χ0) is 20.4. The maximum Gasteiger partial charge on any atom is 0.273 e. The number of nitrogens with one attached hydrogen (secondary N) is 1. The van der Waals surface area contributed by atoms with Gasteiger partial charge in [0.05, 0.1) is 6.10 Å². The highest BCUT2D eigenvalue weighted by molar-refractivity contribution is 5.93. The van der Waals surface area contributed by atoms with E-state index in [1.54, 1.807) is 18.9 Å². The molecule has 3 heterocycles. The number of carbonyl (C=O) groups excluding carboxylic acids is 3. The second-order valence-electron chi connectivity index (χ2n) is 7.48. The molecule has 0 spiro atoms. The van der Waals surface area contributed by atoms with Gasteiger partial charge in [0.25, 0.3) is 5.91 Å². The molecule has 3 rings (SSSR count). The third kappa shape index (κ3) is 4.30. The van der Waals surface area contributed by atoms with E-state index in [1.165, 1.54) is 17.0 Å². The predicted molar refractivity (Wildman–Crippen MR) is 97.8 cm³/mol. The van der Waals surface area contributed by atoms with Crippen LogP contribution in [0, 0.1) is 12.7 Å². The molecule has 2 aliphatic heterocycles. The van der Waals surface area contributed by atoms with Crippen LogP contribution >= 0.6 is 0 Å². The molecule has 8 nitrogen and oxygen atoms in total.